The van der Waals surface area contributed by atoms with Crippen LogP contribution in [0.15, 0.2) is 40.2 Å². The van der Waals surface area contributed by atoms with E-state index in [0.29, 0.717) is 41.8 Å². The van der Waals surface area contributed by atoms with E-state index in [1.165, 1.54) is 16.8 Å². The number of rotatable bonds is 2. The number of H-pyrrole nitrogens is 1. The zero-order valence-electron chi connectivity index (χ0n) is 15.7. The summed E-state index contributed by atoms with van der Waals surface area (Å²) in [6.45, 7) is 2.69. The lowest BCUT2D eigenvalue weighted by atomic mass is 10.1. The molecule has 0 saturated heterocycles. The summed E-state index contributed by atoms with van der Waals surface area (Å²) in [6.07, 6.45) is 1.44. The van der Waals surface area contributed by atoms with Gasteiger partial charge >= 0.3 is 0 Å². The lowest BCUT2D eigenvalue weighted by Crippen LogP contribution is -2.20. The second-order valence-corrected chi connectivity index (χ2v) is 6.54. The number of carbonyl (C=O) groups is 1. The van der Waals surface area contributed by atoms with Crippen LogP contribution in [0, 0.1) is 0 Å². The van der Waals surface area contributed by atoms with Crippen LogP contribution in [0.3, 0.4) is 0 Å². The molecule has 1 N–H and O–H groups in total. The normalized spacial score (nSPS) is 13.6. The Bertz CT molecular complexity index is 1160. The second kappa shape index (κ2) is 6.84. The Morgan fingerprint density at radius 1 is 1.21 bits per heavy atom. The zero-order chi connectivity index (χ0) is 19.8. The monoisotopic (exact) mass is 381 g/mol. The van der Waals surface area contributed by atoms with E-state index in [9.17, 15) is 9.59 Å². The molecule has 0 atom stereocenters. The summed E-state index contributed by atoms with van der Waals surface area (Å²) < 4.78 is 12.3. The van der Waals surface area contributed by atoms with Gasteiger partial charge in [-0.15, -0.1) is 0 Å². The maximum atomic E-state index is 12.6. The number of amidine groups is 1. The van der Waals surface area contributed by atoms with E-state index < -0.39 is 5.91 Å². The number of nitrogens with zero attached hydrogens (tertiary/aromatic N) is 4. The Labute approximate surface area is 160 Å². The summed E-state index contributed by atoms with van der Waals surface area (Å²) in [5.41, 5.74) is 1.23. The molecular weight excluding hydrogens is 362 g/mol. The molecule has 2 aromatic heterocycles. The highest BCUT2D eigenvalue weighted by Crippen LogP contribution is 2.33. The van der Waals surface area contributed by atoms with E-state index in [2.05, 4.69) is 15.1 Å². The second-order valence-electron chi connectivity index (χ2n) is 6.54. The van der Waals surface area contributed by atoms with Gasteiger partial charge < -0.3 is 14.4 Å². The maximum absolute atomic E-state index is 12.6. The van der Waals surface area contributed by atoms with E-state index in [1.54, 1.807) is 44.1 Å². The number of ether oxygens (including phenoxy) is 2. The Kier molecular flexibility index (Phi) is 4.34. The molecule has 28 heavy (non-hydrogen) atoms. The van der Waals surface area contributed by atoms with E-state index in [-0.39, 0.29) is 16.8 Å². The molecule has 3 heterocycles. The van der Waals surface area contributed by atoms with Gasteiger partial charge in [0, 0.05) is 31.9 Å². The fourth-order valence-electron chi connectivity index (χ4n) is 2.80. The number of hydrogen-bond acceptors (Lipinski definition) is 5. The Hall–Kier alpha value is -3.62. The van der Waals surface area contributed by atoms with Crippen molar-refractivity contribution in [1.29, 1.82) is 0 Å². The van der Waals surface area contributed by atoms with Crippen LogP contribution in [0.4, 0.5) is 0 Å². The first-order valence-electron chi connectivity index (χ1n) is 8.72. The molecule has 0 spiro atoms. The van der Waals surface area contributed by atoms with Crippen LogP contribution < -0.4 is 15.0 Å². The van der Waals surface area contributed by atoms with E-state index in [0.717, 1.165) is 0 Å². The lowest BCUT2D eigenvalue weighted by Gasteiger charge is -2.18. The Morgan fingerprint density at radius 3 is 2.71 bits per heavy atom. The van der Waals surface area contributed by atoms with E-state index >= 15 is 0 Å². The largest absolute Gasteiger partial charge is 0.486 e. The van der Waals surface area contributed by atoms with Crippen molar-refractivity contribution < 1.29 is 14.3 Å². The number of carbonyl (C=O) groups excluding carboxylic acids is 1. The molecule has 9 nitrogen and oxygen atoms in total. The molecule has 4 rings (SSSR count). The van der Waals surface area contributed by atoms with E-state index in [4.69, 9.17) is 9.47 Å². The van der Waals surface area contributed by atoms with Crippen molar-refractivity contribution >= 4 is 17.4 Å². The lowest BCUT2D eigenvalue weighted by molar-refractivity contribution is 0.100. The minimum atomic E-state index is -0.476. The van der Waals surface area contributed by atoms with Crippen LogP contribution in [0.1, 0.15) is 17.3 Å². The number of aromatic amines is 1. The van der Waals surface area contributed by atoms with Crippen molar-refractivity contribution in [2.24, 2.45) is 4.99 Å². The molecule has 0 aliphatic carbocycles. The highest BCUT2D eigenvalue weighted by atomic mass is 16.6. The average molecular weight is 381 g/mol. The average Bonchev–Trinajstić information content (AvgIpc) is 3.12. The van der Waals surface area contributed by atoms with Gasteiger partial charge in [0.1, 0.15) is 24.6 Å². The molecule has 0 bridgehead atoms. The highest BCUT2D eigenvalue weighted by Gasteiger charge is 2.18. The maximum Gasteiger partial charge on any atom is 0.284 e. The predicted molar refractivity (Wildman–Crippen MR) is 103 cm³/mol. The van der Waals surface area contributed by atoms with Gasteiger partial charge in [-0.25, -0.2) is 9.50 Å². The molecule has 144 valence electrons. The van der Waals surface area contributed by atoms with Crippen molar-refractivity contribution in [2.75, 3.05) is 27.3 Å². The Balaban J connectivity index is 1.81. The van der Waals surface area contributed by atoms with Gasteiger partial charge in [-0.1, -0.05) is 0 Å². The molecule has 0 saturated carbocycles. The fraction of sp³-hybridized carbons (Fsp3) is 0.263. The smallest absolute Gasteiger partial charge is 0.284 e. The highest BCUT2D eigenvalue weighted by molar-refractivity contribution is 6.06. The van der Waals surface area contributed by atoms with Crippen molar-refractivity contribution in [2.45, 2.75) is 6.92 Å². The van der Waals surface area contributed by atoms with Gasteiger partial charge in [0.15, 0.2) is 17.1 Å². The quantitative estimate of drug-likeness (QED) is 0.534. The van der Waals surface area contributed by atoms with Crippen molar-refractivity contribution in [3.8, 4) is 22.8 Å². The minimum Gasteiger partial charge on any atom is -0.486 e. The molecule has 9 heteroatoms. The third kappa shape index (κ3) is 3.11. The summed E-state index contributed by atoms with van der Waals surface area (Å²) in [5, 5.41) is 2.76. The molecule has 1 aliphatic rings. The number of fused-ring (bicyclic) bond motifs is 2. The predicted octanol–water partition coefficient (Wildman–Crippen LogP) is 1.58. The van der Waals surface area contributed by atoms with Gasteiger partial charge in [-0.3, -0.25) is 14.7 Å². The van der Waals surface area contributed by atoms with Crippen LogP contribution in [0.25, 0.3) is 16.9 Å². The number of hydrogen-bond donors (Lipinski definition) is 1. The molecule has 1 aromatic carbocycles. The number of nitrogens with one attached hydrogen (secondary N) is 1. The van der Waals surface area contributed by atoms with Crippen LogP contribution >= 0.6 is 0 Å². The third-order valence-corrected chi connectivity index (χ3v) is 4.48. The van der Waals surface area contributed by atoms with Crippen molar-refractivity contribution in [3.63, 3.8) is 0 Å². The summed E-state index contributed by atoms with van der Waals surface area (Å²) in [7, 11) is 3.59. The summed E-state index contributed by atoms with van der Waals surface area (Å²) >= 11 is 0. The number of benzene rings is 1. The first kappa shape index (κ1) is 17.8. The molecule has 1 amide bonds. The molecule has 0 radical (unpaired) electrons. The molecule has 1 aliphatic heterocycles. The van der Waals surface area contributed by atoms with Gasteiger partial charge in [0.25, 0.3) is 11.5 Å². The SMILES string of the molecule is CC(=NC(=O)c1c[nH]n2c(=O)cc(-c3ccc4c(c3)OCCO4)nc12)N(C)C. The van der Waals surface area contributed by atoms with Gasteiger partial charge in [0.05, 0.1) is 5.69 Å². The standard InChI is InChI=1S/C19H19N5O4/c1-11(23(2)3)21-19(26)13-10-20-24-17(25)9-14(22-18(13)24)12-4-5-15-16(8-12)28-7-6-27-15/h4-5,8-10,20H,6-7H2,1-3H3. The van der Waals surface area contributed by atoms with Crippen LogP contribution in [-0.4, -0.2) is 58.5 Å². The van der Waals surface area contributed by atoms with Crippen LogP contribution in [0.2, 0.25) is 0 Å². The van der Waals surface area contributed by atoms with Gasteiger partial charge in [0.2, 0.25) is 0 Å². The summed E-state index contributed by atoms with van der Waals surface area (Å²) in [5.74, 6) is 1.33. The van der Waals surface area contributed by atoms with Gasteiger partial charge in [-0.05, 0) is 25.1 Å². The first-order chi connectivity index (χ1) is 13.4. The fourth-order valence-corrected chi connectivity index (χ4v) is 2.80. The molecule has 0 fully saturated rings. The van der Waals surface area contributed by atoms with Crippen molar-refractivity contribution in [1.82, 2.24) is 19.5 Å². The zero-order valence-corrected chi connectivity index (χ0v) is 15.7. The molecule has 3 aromatic rings. The third-order valence-electron chi connectivity index (χ3n) is 4.48. The molecule has 0 unspecified atom stereocenters. The first-order valence-corrected chi connectivity index (χ1v) is 8.72. The molecular formula is C19H19N5O4. The van der Waals surface area contributed by atoms with Crippen LogP contribution in [0.5, 0.6) is 11.5 Å². The summed E-state index contributed by atoms with van der Waals surface area (Å²) in [6, 6.07) is 6.75. The number of amides is 1. The Morgan fingerprint density at radius 2 is 1.96 bits per heavy atom. The number of aliphatic imine (C=N–C) groups is 1. The minimum absolute atomic E-state index is 0.220. The topological polar surface area (TPSA) is 101 Å². The van der Waals surface area contributed by atoms with Crippen molar-refractivity contribution in [3.05, 3.63) is 46.4 Å². The summed E-state index contributed by atoms with van der Waals surface area (Å²) in [4.78, 5) is 35.4. The van der Waals surface area contributed by atoms with Gasteiger partial charge in [-0.2, -0.15) is 4.99 Å². The van der Waals surface area contributed by atoms with Crippen LogP contribution in [-0.2, 0) is 0 Å². The number of aromatic nitrogens is 3. The van der Waals surface area contributed by atoms with E-state index in [1.807, 2.05) is 0 Å².